The summed E-state index contributed by atoms with van der Waals surface area (Å²) in [6.07, 6.45) is 1.60. The van der Waals surface area contributed by atoms with Crippen molar-refractivity contribution in [1.82, 2.24) is 14.9 Å². The maximum Gasteiger partial charge on any atom is 0.255 e. The molecule has 0 bridgehead atoms. The van der Waals surface area contributed by atoms with Crippen molar-refractivity contribution in [3.05, 3.63) is 70.1 Å². The number of amides is 1. The molecule has 0 spiro atoms. The second-order valence-corrected chi connectivity index (χ2v) is 7.91. The lowest BCUT2D eigenvalue weighted by atomic mass is 10.1. The van der Waals surface area contributed by atoms with Gasteiger partial charge in [0.25, 0.3) is 5.91 Å². The van der Waals surface area contributed by atoms with Gasteiger partial charge in [0.2, 0.25) is 0 Å². The second-order valence-electron chi connectivity index (χ2n) is 6.75. The number of nitrogens with zero attached hydrogens (tertiary/aromatic N) is 4. The smallest absolute Gasteiger partial charge is 0.255 e. The number of hydrogen-bond acceptors (Lipinski definition) is 5. The summed E-state index contributed by atoms with van der Waals surface area (Å²) in [7, 11) is 1.65. The van der Waals surface area contributed by atoms with Gasteiger partial charge >= 0.3 is 0 Å². The van der Waals surface area contributed by atoms with Crippen LogP contribution in [-0.4, -0.2) is 54.1 Å². The quantitative estimate of drug-likeness (QED) is 0.512. The molecule has 0 radical (unpaired) electrons. The van der Waals surface area contributed by atoms with Crippen molar-refractivity contribution in [2.45, 2.75) is 0 Å². The van der Waals surface area contributed by atoms with E-state index in [-0.39, 0.29) is 5.91 Å². The number of methoxy groups -OCH3 is 1. The fourth-order valence-corrected chi connectivity index (χ4v) is 4.00. The molecule has 1 aliphatic heterocycles. The molecular formula is C22H21IN4O2. The van der Waals surface area contributed by atoms with Crippen LogP contribution >= 0.6 is 22.6 Å². The first-order valence-corrected chi connectivity index (χ1v) is 10.5. The molecule has 1 aromatic heterocycles. The van der Waals surface area contributed by atoms with E-state index < -0.39 is 0 Å². The molecule has 148 valence electrons. The number of aromatic nitrogens is 2. The zero-order valence-corrected chi connectivity index (χ0v) is 18.2. The minimum atomic E-state index is 0.0938. The van der Waals surface area contributed by atoms with Gasteiger partial charge in [0.05, 0.1) is 18.4 Å². The van der Waals surface area contributed by atoms with Gasteiger partial charge < -0.3 is 14.5 Å². The standard InChI is InChI=1S/C22H21IN4O2/c1-29-17-8-6-16(7-9-17)20-14-21(25-15-24-20)26-10-12-27(13-11-26)22(28)18-4-2-3-5-19(18)23/h2-9,14-15H,10-13H2,1H3. The van der Waals surface area contributed by atoms with Crippen molar-refractivity contribution in [2.75, 3.05) is 38.2 Å². The molecule has 2 heterocycles. The number of carbonyl (C=O) groups excluding carboxylic acids is 1. The maximum atomic E-state index is 12.8. The molecule has 0 N–H and O–H groups in total. The Hall–Kier alpha value is -2.68. The van der Waals surface area contributed by atoms with Crippen molar-refractivity contribution in [3.8, 4) is 17.0 Å². The second kappa shape index (κ2) is 8.77. The van der Waals surface area contributed by atoms with E-state index >= 15 is 0 Å². The van der Waals surface area contributed by atoms with Gasteiger partial charge in [-0.3, -0.25) is 4.79 Å². The number of carbonyl (C=O) groups is 1. The van der Waals surface area contributed by atoms with Crippen molar-refractivity contribution < 1.29 is 9.53 Å². The summed E-state index contributed by atoms with van der Waals surface area (Å²) in [5.41, 5.74) is 2.65. The molecule has 0 unspecified atom stereocenters. The highest BCUT2D eigenvalue weighted by molar-refractivity contribution is 14.1. The Morgan fingerprint density at radius 2 is 1.72 bits per heavy atom. The average molecular weight is 500 g/mol. The van der Waals surface area contributed by atoms with Gasteiger partial charge in [-0.25, -0.2) is 9.97 Å². The summed E-state index contributed by atoms with van der Waals surface area (Å²) in [5, 5.41) is 0. The van der Waals surface area contributed by atoms with Crippen LogP contribution in [0.5, 0.6) is 5.75 Å². The fraction of sp³-hybridized carbons (Fsp3) is 0.227. The van der Waals surface area contributed by atoms with Gasteiger partial charge in [-0.05, 0) is 59.0 Å². The van der Waals surface area contributed by atoms with Gasteiger partial charge in [0, 0.05) is 41.4 Å². The summed E-state index contributed by atoms with van der Waals surface area (Å²) in [4.78, 5) is 25.8. The molecule has 0 saturated carbocycles. The van der Waals surface area contributed by atoms with E-state index in [0.29, 0.717) is 13.1 Å². The summed E-state index contributed by atoms with van der Waals surface area (Å²) in [5.74, 6) is 1.79. The lowest BCUT2D eigenvalue weighted by Crippen LogP contribution is -2.49. The van der Waals surface area contributed by atoms with Crippen molar-refractivity contribution >= 4 is 34.3 Å². The van der Waals surface area contributed by atoms with E-state index in [9.17, 15) is 4.79 Å². The Bertz CT molecular complexity index is 1000. The molecule has 4 rings (SSSR count). The third kappa shape index (κ3) is 4.34. The average Bonchev–Trinajstić information content (AvgIpc) is 2.79. The molecule has 7 heteroatoms. The number of piperazine rings is 1. The predicted molar refractivity (Wildman–Crippen MR) is 121 cm³/mol. The highest BCUT2D eigenvalue weighted by atomic mass is 127. The largest absolute Gasteiger partial charge is 0.497 e. The molecule has 1 aliphatic rings. The number of anilines is 1. The number of benzene rings is 2. The topological polar surface area (TPSA) is 58.6 Å². The molecule has 0 aliphatic carbocycles. The minimum absolute atomic E-state index is 0.0938. The maximum absolute atomic E-state index is 12.8. The van der Waals surface area contributed by atoms with Crippen molar-refractivity contribution in [2.24, 2.45) is 0 Å². The Morgan fingerprint density at radius 1 is 1.00 bits per heavy atom. The van der Waals surface area contributed by atoms with Gasteiger partial charge in [-0.15, -0.1) is 0 Å². The van der Waals surface area contributed by atoms with E-state index in [1.807, 2.05) is 59.5 Å². The van der Waals surface area contributed by atoms with Crippen LogP contribution in [0.15, 0.2) is 60.9 Å². The molecule has 29 heavy (non-hydrogen) atoms. The fourth-order valence-electron chi connectivity index (χ4n) is 3.38. The summed E-state index contributed by atoms with van der Waals surface area (Å²) in [6, 6.07) is 17.5. The van der Waals surface area contributed by atoms with Gasteiger partial charge in [0.15, 0.2) is 0 Å². The van der Waals surface area contributed by atoms with Gasteiger partial charge in [0.1, 0.15) is 17.9 Å². The Labute approximate surface area is 183 Å². The molecule has 3 aromatic rings. The van der Waals surface area contributed by atoms with Crippen LogP contribution in [0.3, 0.4) is 0 Å². The van der Waals surface area contributed by atoms with Crippen molar-refractivity contribution in [3.63, 3.8) is 0 Å². The third-order valence-corrected chi connectivity index (χ3v) is 5.97. The lowest BCUT2D eigenvalue weighted by molar-refractivity contribution is 0.0745. The van der Waals surface area contributed by atoms with Crippen LogP contribution in [-0.2, 0) is 0 Å². The molecule has 1 saturated heterocycles. The molecular weight excluding hydrogens is 479 g/mol. The van der Waals surface area contributed by atoms with Crippen molar-refractivity contribution in [1.29, 1.82) is 0 Å². The highest BCUT2D eigenvalue weighted by Gasteiger charge is 2.24. The van der Waals surface area contributed by atoms with E-state index in [1.54, 1.807) is 13.4 Å². The third-order valence-electron chi connectivity index (χ3n) is 5.03. The molecule has 1 fully saturated rings. The van der Waals surface area contributed by atoms with Crippen LogP contribution in [0, 0.1) is 3.57 Å². The first-order valence-electron chi connectivity index (χ1n) is 9.41. The summed E-state index contributed by atoms with van der Waals surface area (Å²) < 4.78 is 6.20. The number of hydrogen-bond donors (Lipinski definition) is 0. The van der Waals surface area contributed by atoms with E-state index in [1.165, 1.54) is 0 Å². The minimum Gasteiger partial charge on any atom is -0.497 e. The van der Waals surface area contributed by atoms with E-state index in [2.05, 4.69) is 37.5 Å². The predicted octanol–water partition coefficient (Wildman–Crippen LogP) is 3.72. The first-order chi connectivity index (χ1) is 14.2. The Kier molecular flexibility index (Phi) is 5.94. The molecule has 6 nitrogen and oxygen atoms in total. The highest BCUT2D eigenvalue weighted by Crippen LogP contribution is 2.24. The SMILES string of the molecule is COc1ccc(-c2cc(N3CCN(C(=O)c4ccccc4I)CC3)ncn2)cc1. The van der Waals surface area contributed by atoms with Crippen LogP contribution in [0.2, 0.25) is 0 Å². The molecule has 1 amide bonds. The number of ether oxygens (including phenoxy) is 1. The summed E-state index contributed by atoms with van der Waals surface area (Å²) >= 11 is 2.22. The zero-order valence-electron chi connectivity index (χ0n) is 16.1. The summed E-state index contributed by atoms with van der Waals surface area (Å²) in [6.45, 7) is 2.83. The molecule has 0 atom stereocenters. The molecule has 2 aromatic carbocycles. The number of halogens is 1. The first kappa shape index (κ1) is 19.6. The van der Waals surface area contributed by atoms with Crippen LogP contribution in [0.25, 0.3) is 11.3 Å². The van der Waals surface area contributed by atoms with Gasteiger partial charge in [-0.2, -0.15) is 0 Å². The van der Waals surface area contributed by atoms with Gasteiger partial charge in [-0.1, -0.05) is 12.1 Å². The number of rotatable bonds is 4. The van der Waals surface area contributed by atoms with Crippen LogP contribution in [0.1, 0.15) is 10.4 Å². The van der Waals surface area contributed by atoms with E-state index in [0.717, 1.165) is 45.0 Å². The van der Waals surface area contributed by atoms with Crippen LogP contribution in [0.4, 0.5) is 5.82 Å². The lowest BCUT2D eigenvalue weighted by Gasteiger charge is -2.35. The zero-order chi connectivity index (χ0) is 20.2. The monoisotopic (exact) mass is 500 g/mol. The normalized spacial score (nSPS) is 14.0. The van der Waals surface area contributed by atoms with E-state index in [4.69, 9.17) is 4.74 Å². The Morgan fingerprint density at radius 3 is 2.41 bits per heavy atom. The Balaban J connectivity index is 1.45. The van der Waals surface area contributed by atoms with Crippen LogP contribution < -0.4 is 9.64 Å².